The lowest BCUT2D eigenvalue weighted by molar-refractivity contribution is -0.136. The maximum absolute atomic E-state index is 14.8. The number of amides is 9. The third-order valence-electron chi connectivity index (χ3n) is 12.7. The van der Waals surface area contributed by atoms with Crippen LogP contribution < -0.4 is 59.7 Å². The number of unbranched alkanes of at least 4 members (excludes halogenated alkanes) is 1. The van der Waals surface area contributed by atoms with Crippen LogP contribution in [-0.2, 0) is 64.0 Å². The van der Waals surface area contributed by atoms with Crippen LogP contribution in [-0.4, -0.2) is 138 Å². The fraction of sp³-hybridized carbons (Fsp3) is 0.389. The van der Waals surface area contributed by atoms with Gasteiger partial charge in [0.2, 0.25) is 53.2 Å². The van der Waals surface area contributed by atoms with Gasteiger partial charge in [0.05, 0.1) is 12.1 Å². The average Bonchev–Trinajstić information content (AvgIpc) is 3.42. The minimum absolute atomic E-state index is 0.00805. The van der Waals surface area contributed by atoms with E-state index in [-0.39, 0.29) is 49.2 Å². The molecule has 1 heterocycles. The Kier molecular flexibility index (Phi) is 25.8. The van der Waals surface area contributed by atoms with E-state index in [1.807, 2.05) is 0 Å². The third-order valence-corrected chi connectivity index (χ3v) is 15.9. The number of aliphatic hydroxyl groups is 1. The van der Waals surface area contributed by atoms with Crippen LogP contribution in [0.15, 0.2) is 97.1 Å². The molecule has 0 aliphatic carbocycles. The van der Waals surface area contributed by atoms with Gasteiger partial charge in [0.1, 0.15) is 42.3 Å². The summed E-state index contributed by atoms with van der Waals surface area (Å²) in [7, 11) is 3.70. The Hall–Kier alpha value is -6.44. The highest BCUT2D eigenvalue weighted by Gasteiger charge is 2.36. The first-order valence-electron chi connectivity index (χ1n) is 25.5. The molecule has 80 heavy (non-hydrogen) atoms. The molecule has 0 spiro atoms. The highest BCUT2D eigenvalue weighted by Crippen LogP contribution is 2.24. The van der Waals surface area contributed by atoms with Gasteiger partial charge >= 0.3 is 0 Å². The zero-order valence-electron chi connectivity index (χ0n) is 43.8. The van der Waals surface area contributed by atoms with E-state index in [4.69, 9.17) is 52.0 Å². The first-order chi connectivity index (χ1) is 38.1. The molecule has 0 radical (unpaired) electrons. The third kappa shape index (κ3) is 20.9. The number of aliphatic hydroxyl groups excluding tert-OH is 1. The Morgan fingerprint density at radius 1 is 0.625 bits per heavy atom. The van der Waals surface area contributed by atoms with Crippen molar-refractivity contribution in [3.05, 3.63) is 140 Å². The SMILES string of the molecule is CNCCCC[C@@H]1NC(=O)[C@@H](Cc2ccc(C(N)=O)cc2)NC(=O)[C@H](Cc2ccc(Cl)cc2)NC(=O)[C@H](NC(=O)[C@@H](N)Cc2ccc(Cl)cc2)CSSC[C@@H](C(=O)N[C@H](Cc2ccc(Cl)cc2)C(N)=O)NC(=O)[C@H]([C@@H](C)O)NC1=O. The normalized spacial score (nSPS) is 21.0. The second-order valence-electron chi connectivity index (χ2n) is 19.0. The Balaban J connectivity index is 1.58. The molecule has 1 aliphatic heterocycles. The molecule has 1 saturated heterocycles. The fourth-order valence-corrected chi connectivity index (χ4v) is 10.9. The molecule has 9 atom stereocenters. The zero-order chi connectivity index (χ0) is 58.5. The van der Waals surface area contributed by atoms with E-state index >= 15 is 0 Å². The van der Waals surface area contributed by atoms with Crippen molar-refractivity contribution in [3.63, 3.8) is 0 Å². The summed E-state index contributed by atoms with van der Waals surface area (Å²) < 4.78 is 0. The van der Waals surface area contributed by atoms with E-state index in [0.29, 0.717) is 56.7 Å². The van der Waals surface area contributed by atoms with Crippen LogP contribution in [0.25, 0.3) is 0 Å². The number of nitrogens with two attached hydrogens (primary N) is 3. The van der Waals surface area contributed by atoms with Crippen LogP contribution in [0.4, 0.5) is 0 Å². The maximum Gasteiger partial charge on any atom is 0.248 e. The Morgan fingerprint density at radius 2 is 1.10 bits per heavy atom. The van der Waals surface area contributed by atoms with Gasteiger partial charge in [-0.2, -0.15) is 0 Å². The van der Waals surface area contributed by atoms with Crippen molar-refractivity contribution in [1.82, 2.24) is 42.5 Å². The highest BCUT2D eigenvalue weighted by atomic mass is 35.5. The van der Waals surface area contributed by atoms with Crippen molar-refractivity contribution < 1.29 is 48.3 Å². The smallest absolute Gasteiger partial charge is 0.248 e. The van der Waals surface area contributed by atoms with Gasteiger partial charge < -0.3 is 64.8 Å². The van der Waals surface area contributed by atoms with Gasteiger partial charge in [0.15, 0.2) is 0 Å². The lowest BCUT2D eigenvalue weighted by Crippen LogP contribution is -2.62. The van der Waals surface area contributed by atoms with Crippen LogP contribution in [0.5, 0.6) is 0 Å². The summed E-state index contributed by atoms with van der Waals surface area (Å²) in [4.78, 5) is 126. The van der Waals surface area contributed by atoms with Crippen LogP contribution >= 0.6 is 56.4 Å². The molecular formula is C54H66Cl3N11O10S2. The van der Waals surface area contributed by atoms with Gasteiger partial charge in [-0.3, -0.25) is 43.2 Å². The van der Waals surface area contributed by atoms with Crippen LogP contribution in [0.1, 0.15) is 58.8 Å². The van der Waals surface area contributed by atoms with Crippen LogP contribution in [0.2, 0.25) is 15.1 Å². The van der Waals surface area contributed by atoms with Gasteiger partial charge in [0, 0.05) is 51.4 Å². The van der Waals surface area contributed by atoms with Crippen molar-refractivity contribution >= 4 is 110 Å². The number of hydrogen-bond acceptors (Lipinski definition) is 14. The average molecular weight is 1200 g/mol. The summed E-state index contributed by atoms with van der Waals surface area (Å²) in [5, 5.41) is 34.0. The quantitative estimate of drug-likeness (QED) is 0.0440. The predicted octanol–water partition coefficient (Wildman–Crippen LogP) is 1.39. The minimum atomic E-state index is -1.73. The molecule has 15 N–H and O–H groups in total. The van der Waals surface area contributed by atoms with E-state index < -0.39 is 108 Å². The highest BCUT2D eigenvalue weighted by molar-refractivity contribution is 8.76. The fourth-order valence-electron chi connectivity index (χ4n) is 8.17. The van der Waals surface area contributed by atoms with E-state index in [1.165, 1.54) is 31.2 Å². The Bertz CT molecular complexity index is 2790. The van der Waals surface area contributed by atoms with Crippen molar-refractivity contribution in [2.75, 3.05) is 25.1 Å². The van der Waals surface area contributed by atoms with Crippen molar-refractivity contribution in [2.45, 2.75) is 106 Å². The molecule has 4 aromatic rings. The maximum atomic E-state index is 14.8. The summed E-state index contributed by atoms with van der Waals surface area (Å²) in [6.07, 6.45) is -1.07. The lowest BCUT2D eigenvalue weighted by atomic mass is 10.00. The molecule has 430 valence electrons. The van der Waals surface area contributed by atoms with Gasteiger partial charge in [0.25, 0.3) is 0 Å². The van der Waals surface area contributed by atoms with Gasteiger partial charge in [-0.05, 0) is 117 Å². The first kappa shape index (κ1) is 64.4. The Morgan fingerprint density at radius 3 is 1.61 bits per heavy atom. The summed E-state index contributed by atoms with van der Waals surface area (Å²) in [5.41, 5.74) is 20.1. The number of carbonyl (C=O) groups is 9. The van der Waals surface area contributed by atoms with Crippen molar-refractivity contribution in [3.8, 4) is 0 Å². The summed E-state index contributed by atoms with van der Waals surface area (Å²) in [6, 6.07) is 14.0. The van der Waals surface area contributed by atoms with Gasteiger partial charge in [-0.25, -0.2) is 0 Å². The molecule has 21 nitrogen and oxygen atoms in total. The second-order valence-corrected chi connectivity index (χ2v) is 22.9. The van der Waals surface area contributed by atoms with Crippen molar-refractivity contribution in [1.29, 1.82) is 0 Å². The largest absolute Gasteiger partial charge is 0.391 e. The number of rotatable bonds is 20. The molecule has 0 saturated carbocycles. The van der Waals surface area contributed by atoms with Crippen molar-refractivity contribution in [2.24, 2.45) is 17.2 Å². The second kappa shape index (κ2) is 32.1. The molecule has 0 unspecified atom stereocenters. The number of hydrogen-bond donors (Lipinski definition) is 12. The number of carbonyl (C=O) groups excluding carboxylic acids is 9. The summed E-state index contributed by atoms with van der Waals surface area (Å²) >= 11 is 18.4. The van der Waals surface area contributed by atoms with E-state index in [2.05, 4.69) is 42.5 Å². The number of nitrogens with one attached hydrogen (secondary N) is 8. The first-order valence-corrected chi connectivity index (χ1v) is 29.1. The molecule has 26 heteroatoms. The van der Waals surface area contributed by atoms with Gasteiger partial charge in [-0.1, -0.05) is 105 Å². The monoisotopic (exact) mass is 1200 g/mol. The topological polar surface area (TPSA) is 348 Å². The standard InChI is InChI=1S/C54H66Cl3N11O10S2/c1-29(69)45-54(78)67-44(52(76)63-40(47(60)71)24-32-10-18-36(56)19-11-32)28-80-79-27-43(66-48(72)38(58)23-30-8-16-35(55)17-9-30)53(77)65-42(26-33-12-20-37(57)21-13-33)51(75)64-41(25-31-6-14-34(15-7-31)46(59)70)50(74)62-39(49(73)68-45)5-3-4-22-61-2/h6-21,29,38-45,61,69H,3-5,22-28,58H2,1-2H3,(H2,59,70)(H2,60,71)(H,62,74)(H,63,76)(H,64,75)(H,65,77)(H,66,72)(H,67,78)(H,68,73)/t29-,38+,39+,40-,41-,42+,43-,44+,45+/m1/s1. The molecule has 5 rings (SSSR count). The minimum Gasteiger partial charge on any atom is -0.391 e. The lowest BCUT2D eigenvalue weighted by Gasteiger charge is -2.29. The van der Waals surface area contributed by atoms with Gasteiger partial charge in [-0.15, -0.1) is 0 Å². The van der Waals surface area contributed by atoms with Crippen LogP contribution in [0.3, 0.4) is 0 Å². The molecule has 4 aromatic carbocycles. The molecule has 1 fully saturated rings. The molecule has 0 bridgehead atoms. The van der Waals surface area contributed by atoms with E-state index in [1.54, 1.807) is 79.8 Å². The summed E-state index contributed by atoms with van der Waals surface area (Å²) in [5.74, 6) is -8.27. The van der Waals surface area contributed by atoms with Crippen LogP contribution in [0, 0.1) is 0 Å². The number of benzene rings is 4. The number of halogens is 3. The van der Waals surface area contributed by atoms with E-state index in [0.717, 1.165) is 21.6 Å². The molecule has 1 aliphatic rings. The predicted molar refractivity (Wildman–Crippen MR) is 309 cm³/mol. The number of primary amides is 2. The molecular weight excluding hydrogens is 1130 g/mol. The zero-order valence-corrected chi connectivity index (χ0v) is 47.7. The summed E-state index contributed by atoms with van der Waals surface area (Å²) in [6.45, 7) is 1.77. The Labute approximate surface area is 486 Å². The molecule has 0 aromatic heterocycles. The van der Waals surface area contributed by atoms with E-state index in [9.17, 15) is 48.3 Å². The molecule has 9 amide bonds.